The summed E-state index contributed by atoms with van der Waals surface area (Å²) >= 11 is 3.58. The van der Waals surface area contributed by atoms with E-state index in [0.717, 1.165) is 35.2 Å². The van der Waals surface area contributed by atoms with Crippen LogP contribution in [-0.4, -0.2) is 21.3 Å². The predicted molar refractivity (Wildman–Crippen MR) is 80.0 cm³/mol. The molecule has 19 heavy (non-hydrogen) atoms. The van der Waals surface area contributed by atoms with Crippen molar-refractivity contribution in [1.82, 2.24) is 20.1 Å². The van der Waals surface area contributed by atoms with Crippen LogP contribution in [0.5, 0.6) is 0 Å². The standard InChI is InChI=1S/C14H19BrN4/c1-3-7-16-13(11-9-18-19(4-2)10-11)14-12(15)6-5-8-17-14/h5-6,8-10,13,16H,3-4,7H2,1-2H3. The van der Waals surface area contributed by atoms with Crippen LogP contribution in [0.1, 0.15) is 37.6 Å². The summed E-state index contributed by atoms with van der Waals surface area (Å²) in [6.07, 6.45) is 6.90. The molecule has 0 aliphatic rings. The Kier molecular flexibility index (Phi) is 5.10. The molecule has 0 radical (unpaired) electrons. The van der Waals surface area contributed by atoms with Crippen molar-refractivity contribution in [3.05, 3.63) is 46.5 Å². The molecular weight excluding hydrogens is 304 g/mol. The molecule has 1 N–H and O–H groups in total. The van der Waals surface area contributed by atoms with Crippen LogP contribution >= 0.6 is 15.9 Å². The molecule has 102 valence electrons. The molecule has 0 saturated carbocycles. The van der Waals surface area contributed by atoms with Gasteiger partial charge in [-0.05, 0) is 48.0 Å². The summed E-state index contributed by atoms with van der Waals surface area (Å²) in [7, 11) is 0. The maximum absolute atomic E-state index is 4.50. The van der Waals surface area contributed by atoms with Gasteiger partial charge in [0.1, 0.15) is 0 Å². The molecular formula is C14H19BrN4. The molecule has 0 bridgehead atoms. The van der Waals surface area contributed by atoms with Crippen LogP contribution < -0.4 is 5.32 Å². The number of nitrogens with zero attached hydrogens (tertiary/aromatic N) is 3. The van der Waals surface area contributed by atoms with E-state index in [2.05, 4.69) is 51.4 Å². The van der Waals surface area contributed by atoms with Gasteiger partial charge in [0, 0.05) is 29.0 Å². The number of pyridine rings is 1. The molecule has 0 aliphatic heterocycles. The molecule has 0 fully saturated rings. The van der Waals surface area contributed by atoms with Crippen molar-refractivity contribution in [2.24, 2.45) is 0 Å². The number of halogens is 1. The smallest absolute Gasteiger partial charge is 0.0793 e. The highest BCUT2D eigenvalue weighted by Gasteiger charge is 2.18. The van der Waals surface area contributed by atoms with Crippen molar-refractivity contribution in [2.75, 3.05) is 6.54 Å². The Morgan fingerprint density at radius 1 is 1.42 bits per heavy atom. The first-order chi connectivity index (χ1) is 9.26. The molecule has 2 aromatic rings. The number of aromatic nitrogens is 3. The van der Waals surface area contributed by atoms with Crippen molar-refractivity contribution in [3.8, 4) is 0 Å². The highest BCUT2D eigenvalue weighted by Crippen LogP contribution is 2.26. The van der Waals surface area contributed by atoms with Gasteiger partial charge in [-0.25, -0.2) is 0 Å². The van der Waals surface area contributed by atoms with Crippen LogP contribution in [-0.2, 0) is 6.54 Å². The van der Waals surface area contributed by atoms with E-state index in [-0.39, 0.29) is 6.04 Å². The Morgan fingerprint density at radius 2 is 2.26 bits per heavy atom. The minimum absolute atomic E-state index is 0.0795. The maximum Gasteiger partial charge on any atom is 0.0793 e. The van der Waals surface area contributed by atoms with E-state index < -0.39 is 0 Å². The third kappa shape index (κ3) is 3.42. The average Bonchev–Trinajstić information content (AvgIpc) is 2.90. The zero-order chi connectivity index (χ0) is 13.7. The van der Waals surface area contributed by atoms with E-state index in [1.54, 1.807) is 0 Å². The molecule has 5 heteroatoms. The second-order valence-corrected chi connectivity index (χ2v) is 5.24. The molecule has 2 heterocycles. The van der Waals surface area contributed by atoms with Gasteiger partial charge >= 0.3 is 0 Å². The van der Waals surface area contributed by atoms with Gasteiger partial charge in [0.2, 0.25) is 0 Å². The van der Waals surface area contributed by atoms with Gasteiger partial charge in [-0.15, -0.1) is 0 Å². The minimum atomic E-state index is 0.0795. The summed E-state index contributed by atoms with van der Waals surface area (Å²) in [6, 6.07) is 4.03. The average molecular weight is 323 g/mol. The van der Waals surface area contributed by atoms with E-state index in [4.69, 9.17) is 0 Å². The number of nitrogens with one attached hydrogen (secondary N) is 1. The van der Waals surface area contributed by atoms with Crippen LogP contribution in [0, 0.1) is 0 Å². The fourth-order valence-corrected chi connectivity index (χ4v) is 2.46. The highest BCUT2D eigenvalue weighted by atomic mass is 79.9. The van der Waals surface area contributed by atoms with Gasteiger partial charge in [-0.1, -0.05) is 6.92 Å². The molecule has 1 unspecified atom stereocenters. The summed E-state index contributed by atoms with van der Waals surface area (Å²) in [5, 5.41) is 7.89. The van der Waals surface area contributed by atoms with Crippen molar-refractivity contribution >= 4 is 15.9 Å². The van der Waals surface area contributed by atoms with Gasteiger partial charge in [-0.3, -0.25) is 9.67 Å². The van der Waals surface area contributed by atoms with Crippen molar-refractivity contribution < 1.29 is 0 Å². The number of hydrogen-bond donors (Lipinski definition) is 1. The summed E-state index contributed by atoms with van der Waals surface area (Å²) in [5.74, 6) is 0. The number of aryl methyl sites for hydroxylation is 1. The van der Waals surface area contributed by atoms with Crippen LogP contribution in [0.15, 0.2) is 35.2 Å². The molecule has 2 aromatic heterocycles. The number of rotatable bonds is 6. The first kappa shape index (κ1) is 14.2. The van der Waals surface area contributed by atoms with Crippen LogP contribution in [0.25, 0.3) is 0 Å². The van der Waals surface area contributed by atoms with Gasteiger partial charge in [-0.2, -0.15) is 5.10 Å². The van der Waals surface area contributed by atoms with Crippen molar-refractivity contribution in [2.45, 2.75) is 32.9 Å². The summed E-state index contributed by atoms with van der Waals surface area (Å²) in [6.45, 7) is 6.07. The molecule has 0 aromatic carbocycles. The van der Waals surface area contributed by atoms with Crippen molar-refractivity contribution in [3.63, 3.8) is 0 Å². The van der Waals surface area contributed by atoms with E-state index in [0.29, 0.717) is 0 Å². The highest BCUT2D eigenvalue weighted by molar-refractivity contribution is 9.10. The van der Waals surface area contributed by atoms with Crippen molar-refractivity contribution in [1.29, 1.82) is 0 Å². The SMILES string of the molecule is CCCNC(c1cnn(CC)c1)c1ncccc1Br. The lowest BCUT2D eigenvalue weighted by molar-refractivity contribution is 0.582. The largest absolute Gasteiger partial charge is 0.305 e. The molecule has 4 nitrogen and oxygen atoms in total. The Balaban J connectivity index is 2.32. The van der Waals surface area contributed by atoms with Crippen LogP contribution in [0.3, 0.4) is 0 Å². The van der Waals surface area contributed by atoms with E-state index in [1.807, 2.05) is 29.2 Å². The topological polar surface area (TPSA) is 42.7 Å². The second kappa shape index (κ2) is 6.82. The van der Waals surface area contributed by atoms with E-state index in [9.17, 15) is 0 Å². The first-order valence-electron chi connectivity index (χ1n) is 6.62. The van der Waals surface area contributed by atoms with Crippen LogP contribution in [0.2, 0.25) is 0 Å². The van der Waals surface area contributed by atoms with Gasteiger partial charge in [0.15, 0.2) is 0 Å². The Morgan fingerprint density at radius 3 is 2.89 bits per heavy atom. The molecule has 0 spiro atoms. The number of hydrogen-bond acceptors (Lipinski definition) is 3. The van der Waals surface area contributed by atoms with E-state index in [1.165, 1.54) is 0 Å². The van der Waals surface area contributed by atoms with Gasteiger partial charge in [0.05, 0.1) is 17.9 Å². The van der Waals surface area contributed by atoms with E-state index >= 15 is 0 Å². The quantitative estimate of drug-likeness (QED) is 0.888. The van der Waals surface area contributed by atoms with Gasteiger partial charge < -0.3 is 5.32 Å². The lowest BCUT2D eigenvalue weighted by atomic mass is 10.1. The van der Waals surface area contributed by atoms with Crippen LogP contribution in [0.4, 0.5) is 0 Å². The van der Waals surface area contributed by atoms with Gasteiger partial charge in [0.25, 0.3) is 0 Å². The summed E-state index contributed by atoms with van der Waals surface area (Å²) < 4.78 is 2.96. The lowest BCUT2D eigenvalue weighted by Gasteiger charge is -2.17. The molecule has 1 atom stereocenters. The molecule has 2 rings (SSSR count). The normalized spacial score (nSPS) is 12.6. The second-order valence-electron chi connectivity index (χ2n) is 4.39. The Labute approximate surface area is 122 Å². The fraction of sp³-hybridized carbons (Fsp3) is 0.429. The molecule has 0 amide bonds. The predicted octanol–water partition coefficient (Wildman–Crippen LogP) is 3.15. The monoisotopic (exact) mass is 322 g/mol. The fourth-order valence-electron chi connectivity index (χ4n) is 1.97. The third-order valence-electron chi connectivity index (χ3n) is 2.97. The Hall–Kier alpha value is -1.20. The molecule has 0 aliphatic carbocycles. The third-order valence-corrected chi connectivity index (χ3v) is 3.64. The first-order valence-corrected chi connectivity index (χ1v) is 7.41. The minimum Gasteiger partial charge on any atom is -0.305 e. The maximum atomic E-state index is 4.50. The summed E-state index contributed by atoms with van der Waals surface area (Å²) in [4.78, 5) is 4.50. The zero-order valence-corrected chi connectivity index (χ0v) is 12.9. The summed E-state index contributed by atoms with van der Waals surface area (Å²) in [5.41, 5.74) is 2.15. The molecule has 0 saturated heterocycles. The lowest BCUT2D eigenvalue weighted by Crippen LogP contribution is -2.24. The Bertz CT molecular complexity index is 524. The zero-order valence-electron chi connectivity index (χ0n) is 11.3.